The molecule has 7 nitrogen and oxygen atoms in total. The van der Waals surface area contributed by atoms with Crippen LogP contribution in [0.1, 0.15) is 20.7 Å². The van der Waals surface area contributed by atoms with Crippen LogP contribution >= 0.6 is 22.9 Å². The summed E-state index contributed by atoms with van der Waals surface area (Å²) in [5, 5.41) is 7.65. The summed E-state index contributed by atoms with van der Waals surface area (Å²) in [7, 11) is -3.47. The van der Waals surface area contributed by atoms with Crippen molar-refractivity contribution >= 4 is 55.4 Å². The standard InChI is InChI=1S/C18H14ClN3O4S2/c1-28(25,26)13-6-7-15(19)14(10-13)17(24)21-12-4-2-11(3-5-12)16(23)22-18-20-8-9-27-18/h2-10H,1H3,(H,21,24)(H,20,22,23). The van der Waals surface area contributed by atoms with Gasteiger partial charge >= 0.3 is 0 Å². The second-order valence-electron chi connectivity index (χ2n) is 5.74. The predicted molar refractivity (Wildman–Crippen MR) is 109 cm³/mol. The molecule has 0 unspecified atom stereocenters. The zero-order valence-electron chi connectivity index (χ0n) is 14.5. The third kappa shape index (κ3) is 4.75. The van der Waals surface area contributed by atoms with Crippen LogP contribution in [-0.4, -0.2) is 31.5 Å². The van der Waals surface area contributed by atoms with Gasteiger partial charge < -0.3 is 5.32 Å². The minimum absolute atomic E-state index is 0.00347. The van der Waals surface area contributed by atoms with Crippen LogP contribution in [0.3, 0.4) is 0 Å². The molecule has 1 heterocycles. The molecule has 0 saturated carbocycles. The summed E-state index contributed by atoms with van der Waals surface area (Å²) in [6, 6.07) is 10.1. The largest absolute Gasteiger partial charge is 0.322 e. The summed E-state index contributed by atoms with van der Waals surface area (Å²) < 4.78 is 23.4. The van der Waals surface area contributed by atoms with Crippen molar-refractivity contribution in [2.75, 3.05) is 16.9 Å². The molecule has 0 aliphatic carbocycles. The molecule has 1 aromatic heterocycles. The van der Waals surface area contributed by atoms with Gasteiger partial charge in [0.1, 0.15) is 0 Å². The van der Waals surface area contributed by atoms with E-state index in [1.54, 1.807) is 35.8 Å². The molecular weight excluding hydrogens is 422 g/mol. The Morgan fingerprint density at radius 2 is 1.75 bits per heavy atom. The van der Waals surface area contributed by atoms with E-state index in [-0.39, 0.29) is 21.4 Å². The van der Waals surface area contributed by atoms with Crippen LogP contribution in [0, 0.1) is 0 Å². The number of hydrogen-bond acceptors (Lipinski definition) is 6. The number of rotatable bonds is 5. The lowest BCUT2D eigenvalue weighted by Gasteiger charge is -2.09. The summed E-state index contributed by atoms with van der Waals surface area (Å²) in [5.41, 5.74) is 0.858. The van der Waals surface area contributed by atoms with Crippen molar-refractivity contribution in [1.29, 1.82) is 0 Å². The molecule has 0 bridgehead atoms. The normalized spacial score (nSPS) is 11.1. The van der Waals surface area contributed by atoms with Gasteiger partial charge in [0, 0.05) is 29.1 Å². The number of benzene rings is 2. The third-order valence-electron chi connectivity index (χ3n) is 3.67. The van der Waals surface area contributed by atoms with E-state index >= 15 is 0 Å². The highest BCUT2D eigenvalue weighted by atomic mass is 35.5. The quantitative estimate of drug-likeness (QED) is 0.635. The SMILES string of the molecule is CS(=O)(=O)c1ccc(Cl)c(C(=O)Nc2ccc(C(=O)Nc3nccs3)cc2)c1. The summed E-state index contributed by atoms with van der Waals surface area (Å²) >= 11 is 7.33. The molecule has 2 N–H and O–H groups in total. The lowest BCUT2D eigenvalue weighted by molar-refractivity contribution is 0.102. The number of amides is 2. The van der Waals surface area contributed by atoms with Crippen molar-refractivity contribution in [2.24, 2.45) is 0 Å². The topological polar surface area (TPSA) is 105 Å². The molecule has 2 aromatic carbocycles. The lowest BCUT2D eigenvalue weighted by Crippen LogP contribution is -2.14. The Labute approximate surface area is 170 Å². The van der Waals surface area contributed by atoms with E-state index in [1.165, 1.54) is 29.5 Å². The van der Waals surface area contributed by atoms with Crippen LogP contribution in [0.2, 0.25) is 5.02 Å². The Kier molecular flexibility index (Phi) is 5.78. The second-order valence-corrected chi connectivity index (χ2v) is 9.05. The number of carbonyl (C=O) groups excluding carboxylic acids is 2. The highest BCUT2D eigenvalue weighted by Crippen LogP contribution is 2.22. The van der Waals surface area contributed by atoms with Gasteiger partial charge in [0.2, 0.25) is 0 Å². The Bertz CT molecular complexity index is 1130. The van der Waals surface area contributed by atoms with Gasteiger partial charge in [-0.05, 0) is 42.5 Å². The van der Waals surface area contributed by atoms with Crippen LogP contribution in [-0.2, 0) is 9.84 Å². The first kappa shape index (κ1) is 20.0. The number of carbonyl (C=O) groups is 2. The second kappa shape index (κ2) is 8.09. The Hall–Kier alpha value is -2.75. The van der Waals surface area contributed by atoms with Gasteiger partial charge in [-0.1, -0.05) is 11.6 Å². The van der Waals surface area contributed by atoms with E-state index in [0.29, 0.717) is 16.4 Å². The number of nitrogens with one attached hydrogen (secondary N) is 2. The number of nitrogens with zero attached hydrogens (tertiary/aromatic N) is 1. The summed E-state index contributed by atoms with van der Waals surface area (Å²) in [6.45, 7) is 0. The highest BCUT2D eigenvalue weighted by Gasteiger charge is 2.16. The number of hydrogen-bond donors (Lipinski definition) is 2. The maximum absolute atomic E-state index is 12.5. The molecule has 3 rings (SSSR count). The summed E-state index contributed by atoms with van der Waals surface area (Å²) in [4.78, 5) is 28.6. The third-order valence-corrected chi connectivity index (χ3v) is 5.80. The van der Waals surface area contributed by atoms with Crippen LogP contribution in [0.15, 0.2) is 58.9 Å². The summed E-state index contributed by atoms with van der Waals surface area (Å²) in [5.74, 6) is -0.882. The van der Waals surface area contributed by atoms with Crippen molar-refractivity contribution in [3.63, 3.8) is 0 Å². The molecule has 2 amide bonds. The van der Waals surface area contributed by atoms with E-state index in [4.69, 9.17) is 11.6 Å². The number of halogens is 1. The Morgan fingerprint density at radius 1 is 1.04 bits per heavy atom. The van der Waals surface area contributed by atoms with Gasteiger partial charge in [0.25, 0.3) is 11.8 Å². The van der Waals surface area contributed by atoms with Crippen LogP contribution < -0.4 is 10.6 Å². The minimum Gasteiger partial charge on any atom is -0.322 e. The van der Waals surface area contributed by atoms with Crippen molar-refractivity contribution in [1.82, 2.24) is 4.98 Å². The lowest BCUT2D eigenvalue weighted by atomic mass is 10.1. The zero-order valence-corrected chi connectivity index (χ0v) is 16.9. The highest BCUT2D eigenvalue weighted by molar-refractivity contribution is 7.90. The van der Waals surface area contributed by atoms with E-state index in [9.17, 15) is 18.0 Å². The van der Waals surface area contributed by atoms with Crippen molar-refractivity contribution in [3.05, 3.63) is 70.2 Å². The van der Waals surface area contributed by atoms with Crippen LogP contribution in [0.25, 0.3) is 0 Å². The average Bonchev–Trinajstić information content (AvgIpc) is 3.14. The van der Waals surface area contributed by atoms with Gasteiger partial charge in [0.15, 0.2) is 15.0 Å². The molecule has 10 heteroatoms. The fraction of sp³-hybridized carbons (Fsp3) is 0.0556. The zero-order chi connectivity index (χ0) is 20.3. The van der Waals surface area contributed by atoms with E-state index in [2.05, 4.69) is 15.6 Å². The van der Waals surface area contributed by atoms with E-state index in [1.807, 2.05) is 0 Å². The molecule has 3 aromatic rings. The van der Waals surface area contributed by atoms with Crippen LogP contribution in [0.4, 0.5) is 10.8 Å². The molecule has 0 atom stereocenters. The first-order chi connectivity index (χ1) is 13.2. The van der Waals surface area contributed by atoms with Gasteiger partial charge in [-0.25, -0.2) is 13.4 Å². The molecule has 0 spiro atoms. The monoisotopic (exact) mass is 435 g/mol. The minimum atomic E-state index is -3.47. The van der Waals surface area contributed by atoms with Crippen molar-refractivity contribution in [2.45, 2.75) is 4.90 Å². The molecule has 144 valence electrons. The number of anilines is 2. The van der Waals surface area contributed by atoms with Gasteiger partial charge in [-0.3, -0.25) is 14.9 Å². The molecule has 0 aliphatic heterocycles. The fourth-order valence-electron chi connectivity index (χ4n) is 2.27. The maximum Gasteiger partial charge on any atom is 0.257 e. The van der Waals surface area contributed by atoms with E-state index < -0.39 is 15.7 Å². The first-order valence-corrected chi connectivity index (χ1v) is 11.0. The van der Waals surface area contributed by atoms with Crippen molar-refractivity contribution < 1.29 is 18.0 Å². The molecule has 0 aliphatic rings. The average molecular weight is 436 g/mol. The molecule has 0 fully saturated rings. The number of aromatic nitrogens is 1. The fourth-order valence-corrected chi connectivity index (χ4v) is 3.64. The summed E-state index contributed by atoms with van der Waals surface area (Å²) in [6.07, 6.45) is 2.64. The molecule has 0 saturated heterocycles. The maximum atomic E-state index is 12.5. The van der Waals surface area contributed by atoms with E-state index in [0.717, 1.165) is 6.26 Å². The van der Waals surface area contributed by atoms with Gasteiger partial charge in [-0.15, -0.1) is 11.3 Å². The Morgan fingerprint density at radius 3 is 2.36 bits per heavy atom. The van der Waals surface area contributed by atoms with Gasteiger partial charge in [0.05, 0.1) is 15.5 Å². The molecular formula is C18H14ClN3O4S2. The Balaban J connectivity index is 1.74. The van der Waals surface area contributed by atoms with Gasteiger partial charge in [-0.2, -0.15) is 0 Å². The predicted octanol–water partition coefficient (Wildman–Crippen LogP) is 3.70. The molecule has 28 heavy (non-hydrogen) atoms. The molecule has 0 radical (unpaired) electrons. The number of thiazole rings is 1. The number of sulfone groups is 1. The van der Waals surface area contributed by atoms with Crippen LogP contribution in [0.5, 0.6) is 0 Å². The smallest absolute Gasteiger partial charge is 0.257 e. The first-order valence-electron chi connectivity index (χ1n) is 7.86. The van der Waals surface area contributed by atoms with Crippen molar-refractivity contribution in [3.8, 4) is 0 Å².